The number of hydrogen-bond acceptors (Lipinski definition) is 10. The number of amides is 1. The predicted molar refractivity (Wildman–Crippen MR) is 125 cm³/mol. The van der Waals surface area contributed by atoms with Crippen LogP contribution < -0.4 is 5.73 Å². The summed E-state index contributed by atoms with van der Waals surface area (Å²) in [4.78, 5) is 48.5. The van der Waals surface area contributed by atoms with Crippen LogP contribution in [0.3, 0.4) is 0 Å². The summed E-state index contributed by atoms with van der Waals surface area (Å²) in [5.41, 5.74) is 3.48. The predicted octanol–water partition coefficient (Wildman–Crippen LogP) is 0.421. The Bertz CT molecular complexity index is 1400. The first-order valence-corrected chi connectivity index (χ1v) is 11.2. The van der Waals surface area contributed by atoms with Gasteiger partial charge in [0.1, 0.15) is 29.2 Å². The summed E-state index contributed by atoms with van der Waals surface area (Å²) in [5.74, 6) is -6.82. The molecule has 11 nitrogen and oxygen atoms in total. The molecule has 4 atom stereocenters. The number of likely N-dealkylation sites (N-methyl/N-ethyl adjacent to an activating group) is 1. The van der Waals surface area contributed by atoms with Gasteiger partial charge in [-0.1, -0.05) is 6.07 Å². The third-order valence-electron chi connectivity index (χ3n) is 7.48. The Kier molecular flexibility index (Phi) is 5.23. The van der Waals surface area contributed by atoms with E-state index in [0.29, 0.717) is 16.7 Å². The van der Waals surface area contributed by atoms with Crippen molar-refractivity contribution in [3.8, 4) is 16.9 Å². The van der Waals surface area contributed by atoms with Gasteiger partial charge in [0.05, 0.1) is 11.6 Å². The largest absolute Gasteiger partial charge is 0.508 e. The van der Waals surface area contributed by atoms with Crippen LogP contribution in [0.25, 0.3) is 16.9 Å². The number of hydrogen-bond donors (Lipinski definition) is 5. The van der Waals surface area contributed by atoms with E-state index in [1.54, 1.807) is 32.6 Å². The molecule has 3 aliphatic rings. The number of benzene rings is 1. The summed E-state index contributed by atoms with van der Waals surface area (Å²) in [7, 11) is 3.11. The van der Waals surface area contributed by atoms with E-state index in [4.69, 9.17) is 5.73 Å². The van der Waals surface area contributed by atoms with Crippen LogP contribution in [0.4, 0.5) is 0 Å². The Hall–Kier alpha value is -4.09. The van der Waals surface area contributed by atoms with Crippen LogP contribution in [-0.2, 0) is 20.8 Å². The number of nitrogens with two attached hydrogens (primary N) is 1. The molecule has 2 aromatic rings. The molecular formula is C25H24N4O7. The molecule has 0 aliphatic heterocycles. The molecular weight excluding hydrogens is 468 g/mol. The fraction of sp³-hybridized carbons (Fsp3) is 0.320. The van der Waals surface area contributed by atoms with Crippen LogP contribution in [0, 0.1) is 11.8 Å². The molecule has 0 bridgehead atoms. The average molecular weight is 492 g/mol. The Labute approximate surface area is 205 Å². The summed E-state index contributed by atoms with van der Waals surface area (Å²) in [5, 5.41) is 44.4. The summed E-state index contributed by atoms with van der Waals surface area (Å²) in [6.45, 7) is 0. The van der Waals surface area contributed by atoms with Crippen molar-refractivity contribution < 1.29 is 34.8 Å². The summed E-state index contributed by atoms with van der Waals surface area (Å²) in [6, 6.07) is 1.90. The first-order chi connectivity index (χ1) is 17.0. The molecule has 1 fully saturated rings. The molecule has 6 N–H and O–H groups in total. The molecule has 1 amide bonds. The van der Waals surface area contributed by atoms with Crippen LogP contribution in [0.2, 0.25) is 0 Å². The van der Waals surface area contributed by atoms with Gasteiger partial charge in [-0.2, -0.15) is 0 Å². The summed E-state index contributed by atoms with van der Waals surface area (Å²) in [6.07, 6.45) is 4.74. The second-order valence-electron chi connectivity index (χ2n) is 9.57. The van der Waals surface area contributed by atoms with E-state index >= 15 is 0 Å². The highest BCUT2D eigenvalue weighted by Crippen LogP contribution is 2.53. The van der Waals surface area contributed by atoms with Crippen molar-refractivity contribution in [2.24, 2.45) is 17.6 Å². The fourth-order valence-electron chi connectivity index (χ4n) is 5.95. The van der Waals surface area contributed by atoms with Crippen molar-refractivity contribution in [2.75, 3.05) is 14.1 Å². The van der Waals surface area contributed by atoms with Crippen molar-refractivity contribution in [2.45, 2.75) is 24.5 Å². The number of phenols is 1. The minimum absolute atomic E-state index is 0.0200. The number of aromatic hydroxyl groups is 1. The molecule has 36 heavy (non-hydrogen) atoms. The Morgan fingerprint density at radius 3 is 2.42 bits per heavy atom. The summed E-state index contributed by atoms with van der Waals surface area (Å²) >= 11 is 0. The third kappa shape index (κ3) is 3.02. The van der Waals surface area contributed by atoms with Gasteiger partial charge < -0.3 is 26.2 Å². The number of aromatic nitrogens is 2. The molecule has 3 aliphatic carbocycles. The van der Waals surface area contributed by atoms with Crippen molar-refractivity contribution in [1.29, 1.82) is 0 Å². The topological polar surface area (TPSA) is 187 Å². The molecule has 0 saturated heterocycles. The fourth-order valence-corrected chi connectivity index (χ4v) is 5.95. The zero-order chi connectivity index (χ0) is 26.1. The van der Waals surface area contributed by atoms with E-state index in [1.165, 1.54) is 17.3 Å². The number of nitrogens with zero attached hydrogens (tertiary/aromatic N) is 3. The monoisotopic (exact) mass is 492 g/mol. The SMILES string of the molecule is CN(C)C1C(=O)C(C(N)=O)=C(O)C2(O)C(=O)C3=C(O)c4c(O)ccc(-c5cncnc5)c4CC3CC12. The van der Waals surface area contributed by atoms with E-state index in [1.807, 2.05) is 0 Å². The highest BCUT2D eigenvalue weighted by atomic mass is 16.3. The molecule has 0 radical (unpaired) electrons. The van der Waals surface area contributed by atoms with Crippen molar-refractivity contribution in [1.82, 2.24) is 14.9 Å². The lowest BCUT2D eigenvalue weighted by Gasteiger charge is -2.50. The quantitative estimate of drug-likeness (QED) is 0.376. The standard InChI is InChI=1S/C25H24N4O7/c1-29(2)19-14-6-10-5-13-12(11-7-27-9-28-8-11)3-4-15(30)17(13)20(31)16(10)22(33)25(14,36)23(34)18(21(19)32)24(26)35/h3-4,7-10,14,19,30-31,34,36H,5-6H2,1-2H3,(H2,26,35). The van der Waals surface area contributed by atoms with Crippen molar-refractivity contribution in [3.05, 3.63) is 58.9 Å². The van der Waals surface area contributed by atoms with Gasteiger partial charge in [-0.05, 0) is 50.0 Å². The molecule has 1 heterocycles. The van der Waals surface area contributed by atoms with Crippen LogP contribution in [0.1, 0.15) is 17.5 Å². The number of primary amides is 1. The minimum Gasteiger partial charge on any atom is -0.508 e. The van der Waals surface area contributed by atoms with Gasteiger partial charge in [0, 0.05) is 29.4 Å². The smallest absolute Gasteiger partial charge is 0.255 e. The van der Waals surface area contributed by atoms with Gasteiger partial charge in [0.2, 0.25) is 5.78 Å². The van der Waals surface area contributed by atoms with Gasteiger partial charge in [-0.3, -0.25) is 19.3 Å². The molecule has 11 heteroatoms. The van der Waals surface area contributed by atoms with E-state index in [2.05, 4.69) is 9.97 Å². The van der Waals surface area contributed by atoms with Crippen LogP contribution in [-0.4, -0.2) is 78.5 Å². The minimum atomic E-state index is -2.66. The van der Waals surface area contributed by atoms with Crippen molar-refractivity contribution in [3.63, 3.8) is 0 Å². The molecule has 0 spiro atoms. The lowest BCUT2D eigenvalue weighted by atomic mass is 9.57. The first kappa shape index (κ1) is 23.6. The van der Waals surface area contributed by atoms with Gasteiger partial charge in [-0.25, -0.2) is 9.97 Å². The third-order valence-corrected chi connectivity index (χ3v) is 7.48. The first-order valence-electron chi connectivity index (χ1n) is 11.2. The maximum Gasteiger partial charge on any atom is 0.255 e. The highest BCUT2D eigenvalue weighted by molar-refractivity contribution is 6.24. The van der Waals surface area contributed by atoms with Gasteiger partial charge in [0.15, 0.2) is 11.4 Å². The number of aliphatic hydroxyl groups is 3. The van der Waals surface area contributed by atoms with Crippen molar-refractivity contribution >= 4 is 23.2 Å². The van der Waals surface area contributed by atoms with E-state index < -0.39 is 58.0 Å². The number of ketones is 2. The zero-order valence-corrected chi connectivity index (χ0v) is 19.5. The molecule has 5 rings (SSSR count). The molecule has 186 valence electrons. The Morgan fingerprint density at radius 2 is 1.81 bits per heavy atom. The summed E-state index contributed by atoms with van der Waals surface area (Å²) < 4.78 is 0. The van der Waals surface area contributed by atoms with Gasteiger partial charge in [0.25, 0.3) is 5.91 Å². The maximum atomic E-state index is 13.8. The number of rotatable bonds is 3. The Morgan fingerprint density at radius 1 is 1.14 bits per heavy atom. The van der Waals surface area contributed by atoms with Crippen LogP contribution in [0.5, 0.6) is 5.75 Å². The van der Waals surface area contributed by atoms with E-state index in [9.17, 15) is 34.8 Å². The van der Waals surface area contributed by atoms with Crippen LogP contribution >= 0.6 is 0 Å². The average Bonchev–Trinajstić information content (AvgIpc) is 2.81. The van der Waals surface area contributed by atoms with Gasteiger partial charge in [-0.15, -0.1) is 0 Å². The lowest BCUT2D eigenvalue weighted by molar-refractivity contribution is -0.153. The second-order valence-corrected chi connectivity index (χ2v) is 9.57. The lowest BCUT2D eigenvalue weighted by Crippen LogP contribution is -2.65. The number of fused-ring (bicyclic) bond motifs is 3. The Balaban J connectivity index is 1.75. The van der Waals surface area contributed by atoms with Gasteiger partial charge >= 0.3 is 0 Å². The number of phenolic OH excluding ortho intramolecular Hbond substituents is 1. The normalized spacial score (nSPS) is 27.6. The van der Waals surface area contributed by atoms with E-state index in [-0.39, 0.29) is 29.7 Å². The van der Waals surface area contributed by atoms with Crippen LogP contribution in [0.15, 0.2) is 47.8 Å². The number of carbonyl (C=O) groups excluding carboxylic acids is 3. The molecule has 4 unspecified atom stereocenters. The number of Topliss-reactive ketones (excluding diaryl/α,β-unsaturated/α-hetero) is 2. The highest BCUT2D eigenvalue weighted by Gasteiger charge is 2.64. The maximum absolute atomic E-state index is 13.8. The molecule has 1 saturated carbocycles. The second kappa shape index (κ2) is 7.97. The molecule has 1 aromatic heterocycles. The number of carbonyl (C=O) groups is 3. The van der Waals surface area contributed by atoms with E-state index in [0.717, 1.165) is 0 Å². The zero-order valence-electron chi connectivity index (χ0n) is 19.5. The number of aliphatic hydroxyl groups excluding tert-OH is 2. The molecule has 1 aromatic carbocycles.